The molecule has 1 heterocycles. The maximum atomic E-state index is 13.5. The number of rotatable bonds is 15. The van der Waals surface area contributed by atoms with Crippen molar-refractivity contribution in [2.24, 2.45) is 11.5 Å². The van der Waals surface area contributed by atoms with Crippen molar-refractivity contribution < 1.29 is 24.3 Å². The highest BCUT2D eigenvalue weighted by Gasteiger charge is 2.30. The Labute approximate surface area is 233 Å². The number of para-hydroxylation sites is 1. The number of amides is 3. The number of benzene rings is 2. The van der Waals surface area contributed by atoms with E-state index in [0.29, 0.717) is 19.4 Å². The molecule has 0 fully saturated rings. The smallest absolute Gasteiger partial charge is 0.326 e. The van der Waals surface area contributed by atoms with Gasteiger partial charge in [0.2, 0.25) is 17.7 Å². The summed E-state index contributed by atoms with van der Waals surface area (Å²) in [5, 5.41) is 18.6. The van der Waals surface area contributed by atoms with Crippen LogP contribution >= 0.6 is 0 Å². The number of unbranched alkanes of at least 4 members (excludes halogenated alkanes) is 1. The van der Waals surface area contributed by atoms with Gasteiger partial charge in [-0.05, 0) is 49.9 Å². The molecule has 4 unspecified atom stereocenters. The molecule has 4 atom stereocenters. The van der Waals surface area contributed by atoms with Gasteiger partial charge in [0, 0.05) is 29.9 Å². The second-order valence-corrected chi connectivity index (χ2v) is 9.85. The Balaban J connectivity index is 1.79. The molecule has 3 amide bonds. The van der Waals surface area contributed by atoms with Crippen LogP contribution in [-0.2, 0) is 32.0 Å². The molecule has 3 rings (SSSR count). The molecule has 0 bridgehead atoms. The van der Waals surface area contributed by atoms with Gasteiger partial charge in [0.05, 0.1) is 6.04 Å². The average molecular weight is 551 g/mol. The summed E-state index contributed by atoms with van der Waals surface area (Å²) in [6.07, 6.45) is 3.40. The standard InChI is InChI=1S/C29H38N6O5/c1-18(31)26(36)34-24(16-20-17-32-22-12-6-5-11-21(20)22)28(38)33-23(13-7-8-14-30)27(37)35-25(29(39)40)15-19-9-3-2-4-10-19/h2-6,9-12,17-18,23-25,32H,7-8,13-16,30-31H2,1H3,(H,33,38)(H,34,36)(H,35,37)(H,39,40). The van der Waals surface area contributed by atoms with Gasteiger partial charge >= 0.3 is 5.97 Å². The number of hydrogen-bond donors (Lipinski definition) is 7. The van der Waals surface area contributed by atoms with Crippen molar-refractivity contribution in [1.29, 1.82) is 0 Å². The van der Waals surface area contributed by atoms with Crippen LogP contribution in [0.3, 0.4) is 0 Å². The van der Waals surface area contributed by atoms with Gasteiger partial charge < -0.3 is 37.5 Å². The normalized spacial score (nSPS) is 14.1. The Morgan fingerprint density at radius 2 is 1.45 bits per heavy atom. The molecule has 3 aromatic rings. The van der Waals surface area contributed by atoms with Gasteiger partial charge in [-0.25, -0.2) is 4.79 Å². The van der Waals surface area contributed by atoms with Crippen LogP contribution in [0.4, 0.5) is 0 Å². The highest BCUT2D eigenvalue weighted by Crippen LogP contribution is 2.19. The second-order valence-electron chi connectivity index (χ2n) is 9.85. The predicted octanol–water partition coefficient (Wildman–Crippen LogP) is 0.968. The van der Waals surface area contributed by atoms with Crippen molar-refractivity contribution in [3.8, 4) is 0 Å². The second kappa shape index (κ2) is 14.8. The fraction of sp³-hybridized carbons (Fsp3) is 0.379. The molecule has 9 N–H and O–H groups in total. The van der Waals surface area contributed by atoms with Crippen LogP contribution < -0.4 is 27.4 Å². The fourth-order valence-electron chi connectivity index (χ4n) is 4.39. The number of carboxylic acids is 1. The van der Waals surface area contributed by atoms with Gasteiger partial charge in [0.15, 0.2) is 0 Å². The number of aliphatic carboxylic acids is 1. The number of aromatic amines is 1. The quantitative estimate of drug-likeness (QED) is 0.137. The topological polar surface area (TPSA) is 192 Å². The Morgan fingerprint density at radius 3 is 2.12 bits per heavy atom. The van der Waals surface area contributed by atoms with Gasteiger partial charge in [-0.15, -0.1) is 0 Å². The fourth-order valence-corrected chi connectivity index (χ4v) is 4.39. The van der Waals surface area contributed by atoms with E-state index in [1.54, 1.807) is 30.5 Å². The lowest BCUT2D eigenvalue weighted by molar-refractivity contribution is -0.142. The molecular weight excluding hydrogens is 512 g/mol. The first-order chi connectivity index (χ1) is 19.2. The molecule has 0 saturated heterocycles. The van der Waals surface area contributed by atoms with E-state index in [1.807, 2.05) is 30.3 Å². The number of nitrogens with one attached hydrogen (secondary N) is 4. The maximum Gasteiger partial charge on any atom is 0.326 e. The molecule has 0 aliphatic rings. The summed E-state index contributed by atoms with van der Waals surface area (Å²) in [6, 6.07) is 12.4. The number of hydrogen-bond acceptors (Lipinski definition) is 6. The lowest BCUT2D eigenvalue weighted by atomic mass is 10.0. The summed E-state index contributed by atoms with van der Waals surface area (Å²) in [5.74, 6) is -2.91. The Hall–Kier alpha value is -4.22. The van der Waals surface area contributed by atoms with E-state index in [4.69, 9.17) is 11.5 Å². The van der Waals surface area contributed by atoms with E-state index in [0.717, 1.165) is 22.0 Å². The Morgan fingerprint density at radius 1 is 0.825 bits per heavy atom. The molecule has 0 saturated carbocycles. The molecule has 1 aromatic heterocycles. The van der Waals surface area contributed by atoms with Crippen molar-refractivity contribution in [3.63, 3.8) is 0 Å². The van der Waals surface area contributed by atoms with Gasteiger partial charge in [-0.1, -0.05) is 48.5 Å². The highest BCUT2D eigenvalue weighted by molar-refractivity contribution is 5.94. The van der Waals surface area contributed by atoms with Crippen molar-refractivity contribution in [2.75, 3.05) is 6.54 Å². The van der Waals surface area contributed by atoms with Gasteiger partial charge in [0.1, 0.15) is 18.1 Å². The van der Waals surface area contributed by atoms with E-state index < -0.39 is 47.9 Å². The predicted molar refractivity (Wildman–Crippen MR) is 152 cm³/mol. The Bertz CT molecular complexity index is 1290. The van der Waals surface area contributed by atoms with Crippen LogP contribution in [-0.4, -0.2) is 64.5 Å². The Kier molecular flexibility index (Phi) is 11.2. The molecule has 11 nitrogen and oxygen atoms in total. The van der Waals surface area contributed by atoms with Gasteiger partial charge in [-0.2, -0.15) is 0 Å². The van der Waals surface area contributed by atoms with Crippen molar-refractivity contribution in [2.45, 2.75) is 63.2 Å². The van der Waals surface area contributed by atoms with E-state index in [1.165, 1.54) is 6.92 Å². The van der Waals surface area contributed by atoms with Gasteiger partial charge in [-0.3, -0.25) is 14.4 Å². The summed E-state index contributed by atoms with van der Waals surface area (Å²) < 4.78 is 0. The zero-order valence-corrected chi connectivity index (χ0v) is 22.6. The minimum absolute atomic E-state index is 0.0824. The molecule has 0 spiro atoms. The van der Waals surface area contributed by atoms with Crippen LogP contribution in [0, 0.1) is 0 Å². The largest absolute Gasteiger partial charge is 0.480 e. The molecule has 0 aliphatic heterocycles. The first-order valence-corrected chi connectivity index (χ1v) is 13.4. The number of H-pyrrole nitrogens is 1. The highest BCUT2D eigenvalue weighted by atomic mass is 16.4. The zero-order chi connectivity index (χ0) is 29.1. The monoisotopic (exact) mass is 550 g/mol. The lowest BCUT2D eigenvalue weighted by Crippen LogP contribution is -2.57. The van der Waals surface area contributed by atoms with Crippen LogP contribution in [0.5, 0.6) is 0 Å². The first-order valence-electron chi connectivity index (χ1n) is 13.4. The maximum absolute atomic E-state index is 13.5. The van der Waals surface area contributed by atoms with Gasteiger partial charge in [0.25, 0.3) is 0 Å². The van der Waals surface area contributed by atoms with Crippen LogP contribution in [0.25, 0.3) is 10.9 Å². The number of nitrogens with two attached hydrogens (primary N) is 2. The molecular formula is C29H38N6O5. The average Bonchev–Trinajstić information content (AvgIpc) is 3.34. The summed E-state index contributed by atoms with van der Waals surface area (Å²) >= 11 is 0. The summed E-state index contributed by atoms with van der Waals surface area (Å²) in [7, 11) is 0. The van der Waals surface area contributed by atoms with Crippen LogP contribution in [0.2, 0.25) is 0 Å². The van der Waals surface area contributed by atoms with Crippen LogP contribution in [0.1, 0.15) is 37.3 Å². The molecule has 0 aliphatic carbocycles. The third-order valence-corrected chi connectivity index (χ3v) is 6.62. The number of carbonyl (C=O) groups excluding carboxylic acids is 3. The molecule has 0 radical (unpaired) electrons. The molecule has 40 heavy (non-hydrogen) atoms. The lowest BCUT2D eigenvalue weighted by Gasteiger charge is -2.25. The summed E-state index contributed by atoms with van der Waals surface area (Å²) in [4.78, 5) is 54.4. The molecule has 2 aromatic carbocycles. The van der Waals surface area contributed by atoms with E-state index >= 15 is 0 Å². The summed E-state index contributed by atoms with van der Waals surface area (Å²) in [5.41, 5.74) is 13.8. The summed E-state index contributed by atoms with van der Waals surface area (Å²) in [6.45, 7) is 1.92. The number of carbonyl (C=O) groups is 4. The zero-order valence-electron chi connectivity index (χ0n) is 22.6. The minimum Gasteiger partial charge on any atom is -0.480 e. The minimum atomic E-state index is -1.19. The van der Waals surface area contributed by atoms with Crippen molar-refractivity contribution in [3.05, 3.63) is 71.9 Å². The number of aromatic nitrogens is 1. The van der Waals surface area contributed by atoms with Crippen molar-refractivity contribution in [1.82, 2.24) is 20.9 Å². The van der Waals surface area contributed by atoms with E-state index in [9.17, 15) is 24.3 Å². The number of carboxylic acid groups (broad SMARTS) is 1. The first kappa shape index (κ1) is 30.3. The van der Waals surface area contributed by atoms with Crippen LogP contribution in [0.15, 0.2) is 60.8 Å². The SMILES string of the molecule is CC(N)C(=O)NC(Cc1c[nH]c2ccccc12)C(=O)NC(CCCCN)C(=O)NC(Cc1ccccc1)C(=O)O. The molecule has 11 heteroatoms. The van der Waals surface area contributed by atoms with E-state index in [2.05, 4.69) is 20.9 Å². The number of fused-ring (bicyclic) bond motifs is 1. The van der Waals surface area contributed by atoms with Crippen molar-refractivity contribution >= 4 is 34.6 Å². The molecule has 214 valence electrons. The van der Waals surface area contributed by atoms with E-state index in [-0.39, 0.29) is 19.3 Å². The third-order valence-electron chi connectivity index (χ3n) is 6.62. The third kappa shape index (κ3) is 8.65.